The van der Waals surface area contributed by atoms with Crippen molar-refractivity contribution in [2.75, 3.05) is 7.11 Å². The second kappa shape index (κ2) is 9.51. The first kappa shape index (κ1) is 25.3. The van der Waals surface area contributed by atoms with Gasteiger partial charge in [0.2, 0.25) is 5.60 Å². The Morgan fingerprint density at radius 3 is 2.41 bits per heavy atom. The predicted octanol–water partition coefficient (Wildman–Crippen LogP) is 4.60. The number of carbonyl (C=O) groups is 1. The number of alkyl halides is 3. The summed E-state index contributed by atoms with van der Waals surface area (Å²) in [7, 11) is 0.790. The zero-order valence-corrected chi connectivity index (χ0v) is 18.9. The Balaban J connectivity index is 1.91. The van der Waals surface area contributed by atoms with Gasteiger partial charge in [-0.15, -0.1) is 0 Å². The van der Waals surface area contributed by atoms with Crippen LogP contribution < -0.4 is 5.32 Å². The Morgan fingerprint density at radius 1 is 1.12 bits per heavy atom. The van der Waals surface area contributed by atoms with Crippen LogP contribution in [0.25, 0.3) is 22.8 Å². The molecule has 0 saturated heterocycles. The van der Waals surface area contributed by atoms with Gasteiger partial charge in [0.05, 0.1) is 5.02 Å². The second-order valence-corrected chi connectivity index (χ2v) is 7.89. The molecule has 0 aliphatic carbocycles. The number of hydrogen-bond donors (Lipinski definition) is 2. The summed E-state index contributed by atoms with van der Waals surface area (Å²) >= 11 is 6.25. The molecule has 2 N–H and O–H groups in total. The van der Waals surface area contributed by atoms with E-state index in [0.717, 1.165) is 7.11 Å². The van der Waals surface area contributed by atoms with Gasteiger partial charge in [0.25, 0.3) is 5.91 Å². The third kappa shape index (κ3) is 5.10. The summed E-state index contributed by atoms with van der Waals surface area (Å²) in [5.41, 5.74) is -1.75. The lowest BCUT2D eigenvalue weighted by molar-refractivity contribution is -0.253. The molecule has 0 aliphatic rings. The van der Waals surface area contributed by atoms with Crippen LogP contribution in [0.3, 0.4) is 0 Å². The molecule has 0 bridgehead atoms. The quantitative estimate of drug-likeness (QED) is 0.482. The Morgan fingerprint density at radius 2 is 1.79 bits per heavy atom. The predicted molar refractivity (Wildman–Crippen MR) is 115 cm³/mol. The number of aryl methyl sites for hydroxylation is 1. The first-order valence-electron chi connectivity index (χ1n) is 9.76. The molecule has 180 valence electrons. The summed E-state index contributed by atoms with van der Waals surface area (Å²) in [5.74, 6) is -1.94. The van der Waals surface area contributed by atoms with E-state index in [2.05, 4.69) is 25.0 Å². The highest BCUT2D eigenvalue weighted by Gasteiger charge is 2.57. The molecule has 0 saturated carbocycles. The lowest BCUT2D eigenvalue weighted by Crippen LogP contribution is -2.55. The van der Waals surface area contributed by atoms with Crippen LogP contribution >= 0.6 is 11.6 Å². The first-order valence-corrected chi connectivity index (χ1v) is 10.1. The van der Waals surface area contributed by atoms with E-state index < -0.39 is 29.5 Å². The van der Waals surface area contributed by atoms with Gasteiger partial charge in [-0.05, 0) is 43.2 Å². The fourth-order valence-corrected chi connectivity index (χ4v) is 3.09. The number of rotatable bonds is 6. The van der Waals surface area contributed by atoms with Gasteiger partial charge in [0.1, 0.15) is 5.82 Å². The number of aromatic hydroxyl groups is 1. The van der Waals surface area contributed by atoms with E-state index >= 15 is 0 Å². The molecule has 0 spiro atoms. The van der Waals surface area contributed by atoms with Crippen molar-refractivity contribution in [2.24, 2.45) is 0 Å². The monoisotopic (exact) mass is 498 g/mol. The van der Waals surface area contributed by atoms with Gasteiger partial charge in [0.15, 0.2) is 11.6 Å². The molecule has 0 aliphatic heterocycles. The number of methoxy groups -OCH3 is 1. The SMILES string of the molecule is CO[C@](C)(C(=O)NCc1ccc(Cl)c(-c2nc(O)nc(-c3ccc(C)c(F)c3)n2)c1)C(F)(F)F. The van der Waals surface area contributed by atoms with Crippen molar-refractivity contribution in [1.29, 1.82) is 0 Å². The fourth-order valence-electron chi connectivity index (χ4n) is 2.89. The minimum atomic E-state index is -4.93. The Labute approximate surface area is 196 Å². The number of halogens is 5. The third-order valence-electron chi connectivity index (χ3n) is 5.16. The number of hydrogen-bond acceptors (Lipinski definition) is 6. The zero-order valence-electron chi connectivity index (χ0n) is 18.2. The summed E-state index contributed by atoms with van der Waals surface area (Å²) in [6, 6.07) is 8.01. The van der Waals surface area contributed by atoms with Crippen LogP contribution in [0.15, 0.2) is 36.4 Å². The third-order valence-corrected chi connectivity index (χ3v) is 5.49. The van der Waals surface area contributed by atoms with Crippen molar-refractivity contribution in [3.05, 3.63) is 58.4 Å². The molecule has 2 aromatic carbocycles. The van der Waals surface area contributed by atoms with Gasteiger partial charge in [-0.25, -0.2) is 9.37 Å². The highest BCUT2D eigenvalue weighted by molar-refractivity contribution is 6.33. The fraction of sp³-hybridized carbons (Fsp3) is 0.273. The Kier molecular flexibility index (Phi) is 7.08. The number of nitrogens with one attached hydrogen (secondary N) is 1. The summed E-state index contributed by atoms with van der Waals surface area (Å²) < 4.78 is 58.0. The van der Waals surface area contributed by atoms with Crippen LogP contribution in [0.1, 0.15) is 18.1 Å². The van der Waals surface area contributed by atoms with Crippen LogP contribution in [0.5, 0.6) is 6.01 Å². The number of nitrogens with zero attached hydrogens (tertiary/aromatic N) is 3. The molecule has 1 heterocycles. The average molecular weight is 499 g/mol. The van der Waals surface area contributed by atoms with Gasteiger partial charge in [-0.3, -0.25) is 4.79 Å². The van der Waals surface area contributed by atoms with E-state index in [4.69, 9.17) is 11.6 Å². The van der Waals surface area contributed by atoms with E-state index in [1.165, 1.54) is 30.3 Å². The van der Waals surface area contributed by atoms with Gasteiger partial charge < -0.3 is 15.2 Å². The minimum Gasteiger partial charge on any atom is -0.479 e. The maximum absolute atomic E-state index is 14.0. The van der Waals surface area contributed by atoms with Crippen LogP contribution in [0.2, 0.25) is 5.02 Å². The van der Waals surface area contributed by atoms with Crippen LogP contribution in [-0.2, 0) is 16.1 Å². The molecular weight excluding hydrogens is 480 g/mol. The van der Waals surface area contributed by atoms with Gasteiger partial charge in [0, 0.05) is 24.8 Å². The number of carbonyl (C=O) groups excluding carboxylic acids is 1. The lowest BCUT2D eigenvalue weighted by atomic mass is 10.0. The van der Waals surface area contributed by atoms with E-state index in [1.807, 2.05) is 0 Å². The largest absolute Gasteiger partial charge is 0.479 e. The number of aromatic nitrogens is 3. The van der Waals surface area contributed by atoms with Crippen molar-refractivity contribution in [3.63, 3.8) is 0 Å². The van der Waals surface area contributed by atoms with Crippen molar-refractivity contribution in [3.8, 4) is 28.8 Å². The van der Waals surface area contributed by atoms with Crippen molar-refractivity contribution >= 4 is 17.5 Å². The summed E-state index contributed by atoms with van der Waals surface area (Å²) in [6.07, 6.45) is -4.93. The first-order chi connectivity index (χ1) is 15.9. The van der Waals surface area contributed by atoms with Crippen molar-refractivity contribution < 1.29 is 32.2 Å². The highest BCUT2D eigenvalue weighted by Crippen LogP contribution is 2.33. The molecule has 1 amide bonds. The van der Waals surface area contributed by atoms with Gasteiger partial charge >= 0.3 is 12.2 Å². The van der Waals surface area contributed by atoms with Crippen LogP contribution in [0.4, 0.5) is 17.6 Å². The van der Waals surface area contributed by atoms with Crippen LogP contribution in [0, 0.1) is 12.7 Å². The van der Waals surface area contributed by atoms with E-state index in [0.29, 0.717) is 18.1 Å². The summed E-state index contributed by atoms with van der Waals surface area (Å²) in [6.45, 7) is 1.92. The number of amides is 1. The van der Waals surface area contributed by atoms with E-state index in [-0.39, 0.29) is 34.3 Å². The second-order valence-electron chi connectivity index (χ2n) is 7.48. The zero-order chi connectivity index (χ0) is 25.3. The molecule has 1 atom stereocenters. The molecule has 0 unspecified atom stereocenters. The molecule has 3 rings (SSSR count). The molecule has 0 fully saturated rings. The molecule has 3 aromatic rings. The maximum atomic E-state index is 14.0. The molecular formula is C22H19ClF4N4O3. The Hall–Kier alpha value is -3.31. The maximum Gasteiger partial charge on any atom is 0.426 e. The normalized spacial score (nSPS) is 13.4. The van der Waals surface area contributed by atoms with Gasteiger partial charge in [-0.1, -0.05) is 29.8 Å². The minimum absolute atomic E-state index is 0.0165. The highest BCUT2D eigenvalue weighted by atomic mass is 35.5. The topological polar surface area (TPSA) is 97.2 Å². The van der Waals surface area contributed by atoms with Crippen molar-refractivity contribution in [1.82, 2.24) is 20.3 Å². The molecule has 0 radical (unpaired) electrons. The smallest absolute Gasteiger partial charge is 0.426 e. The van der Waals surface area contributed by atoms with E-state index in [9.17, 15) is 27.5 Å². The summed E-state index contributed by atoms with van der Waals surface area (Å²) in [5, 5.41) is 12.3. The number of ether oxygens (including phenoxy) is 1. The summed E-state index contributed by atoms with van der Waals surface area (Å²) in [4.78, 5) is 24.1. The molecule has 34 heavy (non-hydrogen) atoms. The Bertz CT molecular complexity index is 1240. The molecule has 12 heteroatoms. The number of benzene rings is 2. The van der Waals surface area contributed by atoms with Gasteiger partial charge in [-0.2, -0.15) is 23.1 Å². The lowest BCUT2D eigenvalue weighted by Gasteiger charge is -2.29. The standard InChI is InChI=1S/C22H19ClF4N4O3/c1-11-4-6-13(9-16(11)24)17-29-18(31-20(33)30-17)14-8-12(5-7-15(14)23)10-28-19(32)21(2,34-3)22(25,26)27/h4-9H,10H2,1-3H3,(H,28,32)(H,29,30,31,33)/t21-/m1/s1. The molecule has 1 aromatic heterocycles. The van der Waals surface area contributed by atoms with Crippen molar-refractivity contribution in [2.45, 2.75) is 32.2 Å². The van der Waals surface area contributed by atoms with Crippen LogP contribution in [-0.4, -0.2) is 44.9 Å². The molecule has 7 nitrogen and oxygen atoms in total. The average Bonchev–Trinajstić information content (AvgIpc) is 2.78. The van der Waals surface area contributed by atoms with E-state index in [1.54, 1.807) is 13.0 Å².